The van der Waals surface area contributed by atoms with E-state index in [4.69, 9.17) is 9.51 Å². The van der Waals surface area contributed by atoms with E-state index >= 15 is 0 Å². The van der Waals surface area contributed by atoms with Gasteiger partial charge in [-0.15, -0.1) is 0 Å². The van der Waals surface area contributed by atoms with Gasteiger partial charge in [-0.1, -0.05) is 78.0 Å². The lowest BCUT2D eigenvalue weighted by molar-refractivity contribution is 0.0646. The number of piperidine rings is 1. The van der Waals surface area contributed by atoms with Crippen LogP contribution in [0.5, 0.6) is 0 Å². The van der Waals surface area contributed by atoms with E-state index in [0.29, 0.717) is 28.6 Å². The van der Waals surface area contributed by atoms with Gasteiger partial charge in [-0.3, -0.25) is 9.69 Å². The summed E-state index contributed by atoms with van der Waals surface area (Å²) in [5, 5.41) is 4.30. The van der Waals surface area contributed by atoms with Crippen LogP contribution in [0.25, 0.3) is 22.3 Å². The molecular weight excluding hydrogens is 594 g/mol. The topological polar surface area (TPSA) is 67.2 Å². The first-order valence-electron chi connectivity index (χ1n) is 17.9. The first kappa shape index (κ1) is 29.9. The van der Waals surface area contributed by atoms with Crippen molar-refractivity contribution in [2.45, 2.75) is 88.3 Å². The highest BCUT2D eigenvalue weighted by Crippen LogP contribution is 2.73. The molecule has 5 atom stereocenters. The quantitative estimate of drug-likeness (QED) is 0.168. The molecule has 0 bridgehead atoms. The maximum Gasteiger partial charge on any atom is 0.259 e. The lowest BCUT2D eigenvalue weighted by Gasteiger charge is -2.46. The smallest absolute Gasteiger partial charge is 0.259 e. The first-order chi connectivity index (χ1) is 23.3. The molecule has 0 radical (unpaired) electrons. The summed E-state index contributed by atoms with van der Waals surface area (Å²) in [5.74, 6) is 2.51. The number of carbonyl (C=O) groups excluding carboxylic acids is 1. The van der Waals surface area contributed by atoms with Gasteiger partial charge in [0, 0.05) is 42.3 Å². The zero-order chi connectivity index (χ0) is 32.7. The SMILES string of the molecule is Cc1onc(-c2ccccc2)c1C(=O)N1CCC(CCN2C3(C)C[C@@H](n4c(C)nc5ccccc54)C[C@@H]4CCC423)(c2ccccc2)CC1. The fraction of sp³-hybridized carbons (Fsp3) is 0.439. The van der Waals surface area contributed by atoms with Crippen LogP contribution in [0.4, 0.5) is 0 Å². The fourth-order valence-electron chi connectivity index (χ4n) is 10.6. The molecule has 4 heterocycles. The molecule has 2 aromatic heterocycles. The number of para-hydroxylation sites is 2. The van der Waals surface area contributed by atoms with Crippen molar-refractivity contribution in [3.8, 4) is 11.3 Å². The van der Waals surface area contributed by atoms with Crippen LogP contribution in [-0.4, -0.2) is 61.1 Å². The Bertz CT molecular complexity index is 1990. The van der Waals surface area contributed by atoms with E-state index in [1.807, 2.05) is 42.2 Å². The Morgan fingerprint density at radius 3 is 2.35 bits per heavy atom. The third kappa shape index (κ3) is 4.25. The Kier molecular flexibility index (Phi) is 6.78. The summed E-state index contributed by atoms with van der Waals surface area (Å²) in [6.45, 7) is 9.16. The number of hydrogen-bond donors (Lipinski definition) is 0. The molecule has 246 valence electrons. The normalized spacial score (nSPS) is 28.8. The second-order valence-electron chi connectivity index (χ2n) is 15.2. The van der Waals surface area contributed by atoms with Crippen LogP contribution in [0, 0.1) is 19.8 Å². The monoisotopic (exact) mass is 639 g/mol. The van der Waals surface area contributed by atoms with E-state index in [1.54, 1.807) is 0 Å². The van der Waals surface area contributed by atoms with Gasteiger partial charge in [0.1, 0.15) is 22.8 Å². The van der Waals surface area contributed by atoms with Crippen molar-refractivity contribution in [2.24, 2.45) is 5.92 Å². The van der Waals surface area contributed by atoms with Crippen molar-refractivity contribution in [1.29, 1.82) is 0 Å². The van der Waals surface area contributed by atoms with Crippen molar-refractivity contribution in [1.82, 2.24) is 24.5 Å². The van der Waals surface area contributed by atoms with Crippen LogP contribution in [0.1, 0.15) is 85.4 Å². The van der Waals surface area contributed by atoms with E-state index < -0.39 is 0 Å². The molecule has 1 spiro atoms. The number of carbonyl (C=O) groups is 1. The summed E-state index contributed by atoms with van der Waals surface area (Å²) in [6.07, 6.45) is 8.13. The summed E-state index contributed by atoms with van der Waals surface area (Å²) >= 11 is 0. The fourth-order valence-corrected chi connectivity index (χ4v) is 10.6. The number of fused-ring (bicyclic) bond motifs is 1. The van der Waals surface area contributed by atoms with Crippen molar-refractivity contribution in [2.75, 3.05) is 19.6 Å². The number of imidazole rings is 1. The molecule has 5 aromatic rings. The van der Waals surface area contributed by atoms with Crippen molar-refractivity contribution in [3.63, 3.8) is 0 Å². The molecule has 7 heteroatoms. The third-order valence-electron chi connectivity index (χ3n) is 13.2. The standard InChI is InChI=1S/C41H45N5O2/c1-28-36(37(43-48-28)30-12-6-4-7-13-30)38(47)44-23-20-40(21-24-44,31-14-8-5-9-15-31)22-25-45-39(3)27-33(26-32-18-19-41(32,39)45)46-29(2)42-34-16-10-11-17-35(34)46/h4-17,32-33H,18-27H2,1-3H3/t32-,33-,39?,41?,45?/m0/s1. The third-order valence-corrected chi connectivity index (χ3v) is 13.2. The zero-order valence-electron chi connectivity index (χ0n) is 28.4. The van der Waals surface area contributed by atoms with Crippen LogP contribution < -0.4 is 0 Å². The minimum Gasteiger partial charge on any atom is -0.360 e. The summed E-state index contributed by atoms with van der Waals surface area (Å²) in [6, 6.07) is 30.2. The Morgan fingerprint density at radius 1 is 0.917 bits per heavy atom. The number of hydrogen-bond acceptors (Lipinski definition) is 5. The highest BCUT2D eigenvalue weighted by atomic mass is 16.5. The number of benzene rings is 3. The van der Waals surface area contributed by atoms with Crippen molar-refractivity contribution in [3.05, 3.63) is 108 Å². The van der Waals surface area contributed by atoms with Gasteiger partial charge in [-0.2, -0.15) is 0 Å². The molecule has 48 heavy (non-hydrogen) atoms. The summed E-state index contributed by atoms with van der Waals surface area (Å²) in [4.78, 5) is 23.9. The molecule has 2 saturated heterocycles. The predicted octanol–water partition coefficient (Wildman–Crippen LogP) is 8.13. The van der Waals surface area contributed by atoms with E-state index in [9.17, 15) is 4.79 Å². The summed E-state index contributed by atoms with van der Waals surface area (Å²) in [5.41, 5.74) is 6.59. The molecule has 4 aliphatic rings. The van der Waals surface area contributed by atoms with Gasteiger partial charge in [0.15, 0.2) is 0 Å². The Hall–Kier alpha value is -4.23. The van der Waals surface area contributed by atoms with Crippen LogP contribution in [0.15, 0.2) is 89.5 Å². The molecule has 3 aromatic carbocycles. The average Bonchev–Trinajstić information content (AvgIpc) is 3.30. The number of nitrogens with zero attached hydrogens (tertiary/aromatic N) is 5. The Morgan fingerprint density at radius 2 is 1.62 bits per heavy atom. The Labute approximate surface area is 282 Å². The Balaban J connectivity index is 0.949. The predicted molar refractivity (Wildman–Crippen MR) is 188 cm³/mol. The van der Waals surface area contributed by atoms with Gasteiger partial charge in [0.25, 0.3) is 5.91 Å². The minimum atomic E-state index is 0.0308. The van der Waals surface area contributed by atoms with Crippen LogP contribution in [-0.2, 0) is 5.41 Å². The van der Waals surface area contributed by atoms with E-state index in [1.165, 1.54) is 36.8 Å². The van der Waals surface area contributed by atoms with E-state index in [0.717, 1.165) is 61.7 Å². The molecule has 3 unspecified atom stereocenters. The maximum atomic E-state index is 14.0. The maximum absolute atomic E-state index is 14.0. The van der Waals surface area contributed by atoms with Gasteiger partial charge in [-0.05, 0) is 94.7 Å². The summed E-state index contributed by atoms with van der Waals surface area (Å²) < 4.78 is 8.13. The molecule has 0 N–H and O–H groups in total. The second kappa shape index (κ2) is 10.9. The molecule has 7 nitrogen and oxygen atoms in total. The van der Waals surface area contributed by atoms with Gasteiger partial charge in [0.05, 0.1) is 11.0 Å². The highest BCUT2D eigenvalue weighted by Gasteiger charge is 2.79. The number of rotatable bonds is 7. The van der Waals surface area contributed by atoms with Crippen LogP contribution >= 0.6 is 0 Å². The van der Waals surface area contributed by atoms with Crippen LogP contribution in [0.3, 0.4) is 0 Å². The summed E-state index contributed by atoms with van der Waals surface area (Å²) in [7, 11) is 0. The lowest BCUT2D eigenvalue weighted by atomic mass is 9.59. The largest absolute Gasteiger partial charge is 0.360 e. The number of aromatic nitrogens is 3. The molecule has 4 fully saturated rings. The number of amides is 1. The highest BCUT2D eigenvalue weighted by molar-refractivity contribution is 6.00. The van der Waals surface area contributed by atoms with Crippen molar-refractivity contribution < 1.29 is 9.32 Å². The first-order valence-corrected chi connectivity index (χ1v) is 17.9. The molecule has 2 saturated carbocycles. The van der Waals surface area contributed by atoms with E-state index in [2.05, 4.69) is 83.1 Å². The molecule has 9 rings (SSSR count). The molecular formula is C41H45N5O2. The average molecular weight is 640 g/mol. The van der Waals surface area contributed by atoms with Gasteiger partial charge < -0.3 is 14.0 Å². The minimum absolute atomic E-state index is 0.0308. The molecule has 1 amide bonds. The van der Waals surface area contributed by atoms with E-state index in [-0.39, 0.29) is 16.9 Å². The molecule has 2 aliphatic heterocycles. The number of aryl methyl sites for hydroxylation is 2. The number of likely N-dealkylation sites (tertiary alicyclic amines) is 2. The van der Waals surface area contributed by atoms with Gasteiger partial charge >= 0.3 is 0 Å². The van der Waals surface area contributed by atoms with Crippen molar-refractivity contribution >= 4 is 16.9 Å². The second-order valence-corrected chi connectivity index (χ2v) is 15.2. The molecule has 2 aliphatic carbocycles. The lowest BCUT2D eigenvalue weighted by Crippen LogP contribution is -2.48. The van der Waals surface area contributed by atoms with Gasteiger partial charge in [-0.25, -0.2) is 4.98 Å². The van der Waals surface area contributed by atoms with Gasteiger partial charge in [0.2, 0.25) is 0 Å². The van der Waals surface area contributed by atoms with Crippen LogP contribution in [0.2, 0.25) is 0 Å². The zero-order valence-corrected chi connectivity index (χ0v) is 28.4.